The van der Waals surface area contributed by atoms with Crippen LogP contribution < -0.4 is 10.6 Å². The zero-order valence-corrected chi connectivity index (χ0v) is 14.8. The molecule has 6 heteroatoms. The van der Waals surface area contributed by atoms with Crippen molar-refractivity contribution in [1.82, 2.24) is 9.97 Å². The fourth-order valence-corrected chi connectivity index (χ4v) is 2.50. The molecular weight excluding hydrogens is 334 g/mol. The Morgan fingerprint density at radius 1 is 0.885 bits per heavy atom. The summed E-state index contributed by atoms with van der Waals surface area (Å²) >= 11 is 0. The summed E-state index contributed by atoms with van der Waals surface area (Å²) in [6, 6.07) is 13.2. The summed E-state index contributed by atoms with van der Waals surface area (Å²) in [4.78, 5) is 8.60. The standard InChI is InChI=1S/C20H20F2N4/c1-12(2)14-4-7-16(8-5-14)24-19-10-13(3)23-20(26-19)25-18-9-6-15(21)11-17(18)22/h4-12H,1-3H3,(H2,23,24,25,26). The molecule has 0 bridgehead atoms. The van der Waals surface area contributed by atoms with E-state index in [1.807, 2.05) is 19.1 Å². The molecule has 0 saturated heterocycles. The van der Waals surface area contributed by atoms with E-state index < -0.39 is 11.6 Å². The van der Waals surface area contributed by atoms with Gasteiger partial charge in [-0.1, -0.05) is 26.0 Å². The first-order valence-electron chi connectivity index (χ1n) is 8.35. The summed E-state index contributed by atoms with van der Waals surface area (Å²) in [5.74, 6) is -0.0531. The number of anilines is 4. The second-order valence-electron chi connectivity index (χ2n) is 6.37. The lowest BCUT2D eigenvalue weighted by molar-refractivity contribution is 0.586. The lowest BCUT2D eigenvalue weighted by Gasteiger charge is -2.11. The van der Waals surface area contributed by atoms with Gasteiger partial charge in [-0.05, 0) is 42.7 Å². The number of aromatic nitrogens is 2. The Morgan fingerprint density at radius 3 is 2.27 bits per heavy atom. The molecule has 0 unspecified atom stereocenters. The van der Waals surface area contributed by atoms with Crippen molar-refractivity contribution in [3.8, 4) is 0 Å². The van der Waals surface area contributed by atoms with Crippen LogP contribution in [0.4, 0.5) is 31.9 Å². The molecule has 134 valence electrons. The normalized spacial score (nSPS) is 10.8. The van der Waals surface area contributed by atoms with E-state index in [2.05, 4.69) is 46.6 Å². The molecule has 0 aliphatic carbocycles. The number of halogens is 2. The van der Waals surface area contributed by atoms with Crippen molar-refractivity contribution in [2.45, 2.75) is 26.7 Å². The zero-order chi connectivity index (χ0) is 18.7. The Kier molecular flexibility index (Phi) is 5.11. The molecule has 0 atom stereocenters. The summed E-state index contributed by atoms with van der Waals surface area (Å²) in [6.45, 7) is 6.10. The molecule has 1 heterocycles. The van der Waals surface area contributed by atoms with Gasteiger partial charge >= 0.3 is 0 Å². The van der Waals surface area contributed by atoms with Crippen molar-refractivity contribution in [3.63, 3.8) is 0 Å². The summed E-state index contributed by atoms with van der Waals surface area (Å²) in [7, 11) is 0. The molecule has 0 aliphatic heterocycles. The minimum absolute atomic E-state index is 0.115. The van der Waals surface area contributed by atoms with Crippen molar-refractivity contribution >= 4 is 23.1 Å². The van der Waals surface area contributed by atoms with Crippen LogP contribution in [0.25, 0.3) is 0 Å². The van der Waals surface area contributed by atoms with Crippen LogP contribution in [0, 0.1) is 18.6 Å². The highest BCUT2D eigenvalue weighted by Gasteiger charge is 2.08. The Labute approximate surface area is 151 Å². The van der Waals surface area contributed by atoms with Gasteiger partial charge in [0.15, 0.2) is 0 Å². The van der Waals surface area contributed by atoms with E-state index in [1.165, 1.54) is 17.7 Å². The molecule has 2 N–H and O–H groups in total. The lowest BCUT2D eigenvalue weighted by atomic mass is 10.0. The topological polar surface area (TPSA) is 49.8 Å². The molecule has 26 heavy (non-hydrogen) atoms. The van der Waals surface area contributed by atoms with Gasteiger partial charge < -0.3 is 10.6 Å². The molecule has 1 aromatic heterocycles. The molecule has 0 aliphatic rings. The number of nitrogens with one attached hydrogen (secondary N) is 2. The number of hydrogen-bond acceptors (Lipinski definition) is 4. The largest absolute Gasteiger partial charge is 0.340 e. The number of nitrogens with zero attached hydrogens (tertiary/aromatic N) is 2. The van der Waals surface area contributed by atoms with Crippen molar-refractivity contribution in [3.05, 3.63) is 71.4 Å². The van der Waals surface area contributed by atoms with E-state index in [0.717, 1.165) is 11.8 Å². The third-order valence-electron chi connectivity index (χ3n) is 3.88. The fraction of sp³-hybridized carbons (Fsp3) is 0.200. The maximum atomic E-state index is 13.8. The second kappa shape index (κ2) is 7.47. The van der Waals surface area contributed by atoms with Gasteiger partial charge in [0.25, 0.3) is 0 Å². The highest BCUT2D eigenvalue weighted by atomic mass is 19.1. The molecule has 0 fully saturated rings. The Bertz CT molecular complexity index is 908. The lowest BCUT2D eigenvalue weighted by Crippen LogP contribution is -2.03. The quantitative estimate of drug-likeness (QED) is 0.619. The first-order valence-corrected chi connectivity index (χ1v) is 8.35. The number of rotatable bonds is 5. The van der Waals surface area contributed by atoms with E-state index in [-0.39, 0.29) is 11.6 Å². The molecule has 2 aromatic carbocycles. The molecule has 3 rings (SSSR count). The van der Waals surface area contributed by atoms with E-state index in [9.17, 15) is 8.78 Å². The zero-order valence-electron chi connectivity index (χ0n) is 14.8. The number of hydrogen-bond donors (Lipinski definition) is 2. The third kappa shape index (κ3) is 4.33. The molecule has 0 spiro atoms. The average molecular weight is 354 g/mol. The number of aryl methyl sites for hydroxylation is 1. The van der Waals surface area contributed by atoms with Crippen LogP contribution in [0.5, 0.6) is 0 Å². The first kappa shape index (κ1) is 17.8. The van der Waals surface area contributed by atoms with Crippen molar-refractivity contribution < 1.29 is 8.78 Å². The fourth-order valence-electron chi connectivity index (χ4n) is 2.50. The highest BCUT2D eigenvalue weighted by molar-refractivity contribution is 5.60. The van der Waals surface area contributed by atoms with Gasteiger partial charge in [-0.3, -0.25) is 0 Å². The van der Waals surface area contributed by atoms with Gasteiger partial charge in [0.05, 0.1) is 5.69 Å². The highest BCUT2D eigenvalue weighted by Crippen LogP contribution is 2.23. The van der Waals surface area contributed by atoms with Gasteiger partial charge in [-0.15, -0.1) is 0 Å². The number of benzene rings is 2. The summed E-state index contributed by atoms with van der Waals surface area (Å²) in [6.07, 6.45) is 0. The van der Waals surface area contributed by atoms with Crippen LogP contribution in [0.15, 0.2) is 48.5 Å². The van der Waals surface area contributed by atoms with Gasteiger partial charge in [-0.2, -0.15) is 4.98 Å². The maximum Gasteiger partial charge on any atom is 0.229 e. The van der Waals surface area contributed by atoms with E-state index in [4.69, 9.17) is 0 Å². The summed E-state index contributed by atoms with van der Waals surface area (Å²) < 4.78 is 26.8. The third-order valence-corrected chi connectivity index (χ3v) is 3.88. The van der Waals surface area contributed by atoms with E-state index in [1.54, 1.807) is 6.07 Å². The predicted molar refractivity (Wildman–Crippen MR) is 100 cm³/mol. The summed E-state index contributed by atoms with van der Waals surface area (Å²) in [5.41, 5.74) is 2.98. The van der Waals surface area contributed by atoms with E-state index >= 15 is 0 Å². The van der Waals surface area contributed by atoms with Crippen molar-refractivity contribution in [2.75, 3.05) is 10.6 Å². The molecular formula is C20H20F2N4. The second-order valence-corrected chi connectivity index (χ2v) is 6.37. The molecule has 3 aromatic rings. The molecule has 0 saturated carbocycles. The summed E-state index contributed by atoms with van der Waals surface area (Å²) in [5, 5.41) is 6.00. The van der Waals surface area contributed by atoms with Gasteiger partial charge in [0.2, 0.25) is 5.95 Å². The van der Waals surface area contributed by atoms with Crippen LogP contribution in [-0.4, -0.2) is 9.97 Å². The van der Waals surface area contributed by atoms with Crippen LogP contribution in [-0.2, 0) is 0 Å². The Hall–Kier alpha value is -3.02. The smallest absolute Gasteiger partial charge is 0.229 e. The first-order chi connectivity index (χ1) is 12.4. The predicted octanol–water partition coefficient (Wildman–Crippen LogP) is 5.67. The molecule has 0 radical (unpaired) electrons. The van der Waals surface area contributed by atoms with Gasteiger partial charge in [-0.25, -0.2) is 13.8 Å². The van der Waals surface area contributed by atoms with Crippen molar-refractivity contribution in [2.24, 2.45) is 0 Å². The van der Waals surface area contributed by atoms with Crippen LogP contribution in [0.1, 0.15) is 31.0 Å². The molecule has 4 nitrogen and oxygen atoms in total. The minimum Gasteiger partial charge on any atom is -0.340 e. The van der Waals surface area contributed by atoms with Crippen molar-refractivity contribution in [1.29, 1.82) is 0 Å². The van der Waals surface area contributed by atoms with Crippen LogP contribution in [0.2, 0.25) is 0 Å². The minimum atomic E-state index is -0.700. The Morgan fingerprint density at radius 2 is 1.62 bits per heavy atom. The van der Waals surface area contributed by atoms with Crippen LogP contribution >= 0.6 is 0 Å². The Balaban J connectivity index is 1.81. The molecule has 0 amide bonds. The van der Waals surface area contributed by atoms with Gasteiger partial charge in [0.1, 0.15) is 17.5 Å². The van der Waals surface area contributed by atoms with E-state index in [0.29, 0.717) is 17.4 Å². The maximum absolute atomic E-state index is 13.8. The monoisotopic (exact) mass is 354 g/mol. The SMILES string of the molecule is Cc1cc(Nc2ccc(C(C)C)cc2)nc(Nc2ccc(F)cc2F)n1. The van der Waals surface area contributed by atoms with Crippen LogP contribution in [0.3, 0.4) is 0 Å². The average Bonchev–Trinajstić information content (AvgIpc) is 2.57. The van der Waals surface area contributed by atoms with Gasteiger partial charge in [0, 0.05) is 23.5 Å².